The van der Waals surface area contributed by atoms with E-state index in [1.807, 2.05) is 6.92 Å². The van der Waals surface area contributed by atoms with Gasteiger partial charge in [0.2, 0.25) is 5.89 Å². The maximum atomic E-state index is 13.3. The van der Waals surface area contributed by atoms with Gasteiger partial charge < -0.3 is 15.2 Å². The summed E-state index contributed by atoms with van der Waals surface area (Å²) in [5.74, 6) is -0.280. The van der Waals surface area contributed by atoms with E-state index in [-0.39, 0.29) is 6.04 Å². The number of aryl methyl sites for hydroxylation is 1. The summed E-state index contributed by atoms with van der Waals surface area (Å²) in [7, 11) is 1.61. The van der Waals surface area contributed by atoms with Gasteiger partial charge in [-0.15, -0.1) is 0 Å². The highest BCUT2D eigenvalue weighted by atomic mass is 19.2. The minimum Gasteiger partial charge on any atom is -0.350 e. The van der Waals surface area contributed by atoms with Crippen molar-refractivity contribution in [2.45, 2.75) is 26.4 Å². The zero-order chi connectivity index (χ0) is 16.1. The number of benzene rings is 1. The van der Waals surface area contributed by atoms with Gasteiger partial charge in [0.05, 0.1) is 12.6 Å². The molecule has 0 aliphatic rings. The lowest BCUT2D eigenvalue weighted by atomic mass is 10.1. The molecule has 8 heteroatoms. The molecule has 6 nitrogen and oxygen atoms in total. The van der Waals surface area contributed by atoms with E-state index in [4.69, 9.17) is 4.52 Å². The van der Waals surface area contributed by atoms with E-state index in [2.05, 4.69) is 25.8 Å². The molecule has 1 aromatic carbocycles. The van der Waals surface area contributed by atoms with Gasteiger partial charge in [0.1, 0.15) is 0 Å². The Morgan fingerprint density at radius 3 is 2.73 bits per heavy atom. The van der Waals surface area contributed by atoms with Gasteiger partial charge in [-0.05, 0) is 24.6 Å². The molecule has 1 atom stereocenters. The van der Waals surface area contributed by atoms with Crippen molar-refractivity contribution in [2.24, 2.45) is 4.99 Å². The molecule has 0 aliphatic heterocycles. The fourth-order valence-corrected chi connectivity index (χ4v) is 1.84. The Morgan fingerprint density at radius 1 is 1.36 bits per heavy atom. The molecule has 0 bridgehead atoms. The van der Waals surface area contributed by atoms with Gasteiger partial charge in [-0.2, -0.15) is 4.98 Å². The molecule has 1 unspecified atom stereocenters. The Balaban J connectivity index is 1.95. The third kappa shape index (κ3) is 4.00. The summed E-state index contributed by atoms with van der Waals surface area (Å²) in [5, 5.41) is 9.84. The van der Waals surface area contributed by atoms with Crippen molar-refractivity contribution in [3.8, 4) is 0 Å². The zero-order valence-electron chi connectivity index (χ0n) is 12.5. The summed E-state index contributed by atoms with van der Waals surface area (Å²) in [6.07, 6.45) is 0. The molecule has 0 aliphatic carbocycles. The molecule has 0 fully saturated rings. The van der Waals surface area contributed by atoms with Crippen molar-refractivity contribution >= 4 is 5.96 Å². The van der Waals surface area contributed by atoms with E-state index < -0.39 is 11.6 Å². The van der Waals surface area contributed by atoms with Crippen LogP contribution in [0, 0.1) is 18.6 Å². The molecule has 22 heavy (non-hydrogen) atoms. The lowest BCUT2D eigenvalue weighted by Gasteiger charge is -2.17. The largest absolute Gasteiger partial charge is 0.350 e. The van der Waals surface area contributed by atoms with Crippen LogP contribution in [0.15, 0.2) is 27.7 Å². The number of hydrogen-bond acceptors (Lipinski definition) is 4. The number of guanidine groups is 1. The van der Waals surface area contributed by atoms with Crippen LogP contribution in [-0.4, -0.2) is 23.1 Å². The van der Waals surface area contributed by atoms with E-state index in [1.54, 1.807) is 14.0 Å². The van der Waals surface area contributed by atoms with Crippen molar-refractivity contribution < 1.29 is 13.3 Å². The van der Waals surface area contributed by atoms with E-state index in [1.165, 1.54) is 6.07 Å². The number of rotatable bonds is 4. The van der Waals surface area contributed by atoms with Gasteiger partial charge in [0.15, 0.2) is 23.4 Å². The molecule has 2 rings (SSSR count). The Kier molecular flexibility index (Phi) is 5.03. The lowest BCUT2D eigenvalue weighted by molar-refractivity contribution is 0.386. The van der Waals surface area contributed by atoms with E-state index in [9.17, 15) is 8.78 Å². The fraction of sp³-hybridized carbons (Fsp3) is 0.357. The first kappa shape index (κ1) is 15.9. The molecule has 0 radical (unpaired) electrons. The van der Waals surface area contributed by atoms with Gasteiger partial charge >= 0.3 is 0 Å². The van der Waals surface area contributed by atoms with Crippen LogP contribution in [0.5, 0.6) is 0 Å². The second-order valence-corrected chi connectivity index (χ2v) is 4.69. The van der Waals surface area contributed by atoms with Gasteiger partial charge in [-0.1, -0.05) is 11.2 Å². The predicted octanol–water partition coefficient (Wildman–Crippen LogP) is 2.08. The SMILES string of the molecule is CN=C(NCc1noc(C)n1)NC(C)c1ccc(F)c(F)c1. The Hall–Kier alpha value is -2.51. The highest BCUT2D eigenvalue weighted by molar-refractivity contribution is 5.80. The normalized spacial score (nSPS) is 13.0. The number of aliphatic imine (C=N–C) groups is 1. The Morgan fingerprint density at radius 2 is 2.14 bits per heavy atom. The zero-order valence-corrected chi connectivity index (χ0v) is 12.5. The average molecular weight is 309 g/mol. The van der Waals surface area contributed by atoms with Crippen molar-refractivity contribution in [3.05, 3.63) is 47.1 Å². The molecular formula is C14H17F2N5O. The van der Waals surface area contributed by atoms with Crippen LogP contribution >= 0.6 is 0 Å². The van der Waals surface area contributed by atoms with E-state index in [0.29, 0.717) is 29.8 Å². The Labute approximate surface area is 126 Å². The van der Waals surface area contributed by atoms with Gasteiger partial charge in [-0.25, -0.2) is 8.78 Å². The van der Waals surface area contributed by atoms with Crippen LogP contribution in [-0.2, 0) is 6.54 Å². The molecule has 0 saturated heterocycles. The summed E-state index contributed by atoms with van der Waals surface area (Å²) in [6, 6.07) is 3.52. The minimum absolute atomic E-state index is 0.256. The van der Waals surface area contributed by atoms with Crippen LogP contribution < -0.4 is 10.6 Å². The lowest BCUT2D eigenvalue weighted by Crippen LogP contribution is -2.38. The van der Waals surface area contributed by atoms with E-state index in [0.717, 1.165) is 12.1 Å². The molecule has 118 valence electrons. The van der Waals surface area contributed by atoms with Gasteiger partial charge in [-0.3, -0.25) is 4.99 Å². The van der Waals surface area contributed by atoms with Crippen LogP contribution in [0.4, 0.5) is 8.78 Å². The second kappa shape index (κ2) is 6.97. The molecule has 0 saturated carbocycles. The average Bonchev–Trinajstić information content (AvgIpc) is 2.91. The Bertz CT molecular complexity index is 671. The maximum absolute atomic E-state index is 13.3. The van der Waals surface area contributed by atoms with Crippen molar-refractivity contribution in [1.82, 2.24) is 20.8 Å². The summed E-state index contributed by atoms with van der Waals surface area (Å²) < 4.78 is 31.1. The molecular weight excluding hydrogens is 292 g/mol. The van der Waals surface area contributed by atoms with E-state index >= 15 is 0 Å². The number of nitrogens with zero attached hydrogens (tertiary/aromatic N) is 3. The smallest absolute Gasteiger partial charge is 0.223 e. The molecule has 2 N–H and O–H groups in total. The standard InChI is InChI=1S/C14H17F2N5O/c1-8(10-4-5-11(15)12(16)6-10)19-14(17-3)18-7-13-20-9(2)22-21-13/h4-6,8H,7H2,1-3H3,(H2,17,18,19). The molecule has 1 aromatic heterocycles. The first-order chi connectivity index (χ1) is 10.5. The predicted molar refractivity (Wildman–Crippen MR) is 77.1 cm³/mol. The van der Waals surface area contributed by atoms with Crippen molar-refractivity contribution in [1.29, 1.82) is 0 Å². The maximum Gasteiger partial charge on any atom is 0.223 e. The molecule has 2 aromatic rings. The summed E-state index contributed by atoms with van der Waals surface area (Å²) >= 11 is 0. The fourth-order valence-electron chi connectivity index (χ4n) is 1.84. The highest BCUT2D eigenvalue weighted by Gasteiger charge is 2.11. The third-order valence-electron chi connectivity index (χ3n) is 3.00. The minimum atomic E-state index is -0.878. The first-order valence-corrected chi connectivity index (χ1v) is 6.71. The molecule has 0 spiro atoms. The van der Waals surface area contributed by atoms with Crippen molar-refractivity contribution in [2.75, 3.05) is 7.05 Å². The highest BCUT2D eigenvalue weighted by Crippen LogP contribution is 2.15. The topological polar surface area (TPSA) is 75.3 Å². The quantitative estimate of drug-likeness (QED) is 0.668. The van der Waals surface area contributed by atoms with Gasteiger partial charge in [0.25, 0.3) is 0 Å². The van der Waals surface area contributed by atoms with Crippen LogP contribution in [0.25, 0.3) is 0 Å². The summed E-state index contributed by atoms with van der Waals surface area (Å²) in [5.41, 5.74) is 0.609. The monoisotopic (exact) mass is 309 g/mol. The van der Waals surface area contributed by atoms with Crippen LogP contribution in [0.2, 0.25) is 0 Å². The molecule has 0 amide bonds. The summed E-state index contributed by atoms with van der Waals surface area (Å²) in [6.45, 7) is 3.86. The number of halogens is 2. The second-order valence-electron chi connectivity index (χ2n) is 4.69. The first-order valence-electron chi connectivity index (χ1n) is 6.71. The number of nitrogens with one attached hydrogen (secondary N) is 2. The molecule has 1 heterocycles. The van der Waals surface area contributed by atoms with Crippen molar-refractivity contribution in [3.63, 3.8) is 0 Å². The number of hydrogen-bond donors (Lipinski definition) is 2. The van der Waals surface area contributed by atoms with Crippen LogP contribution in [0.3, 0.4) is 0 Å². The summed E-state index contributed by atoms with van der Waals surface area (Å²) in [4.78, 5) is 8.12. The van der Waals surface area contributed by atoms with Crippen LogP contribution in [0.1, 0.15) is 30.2 Å². The number of aromatic nitrogens is 2. The van der Waals surface area contributed by atoms with Gasteiger partial charge in [0, 0.05) is 14.0 Å². The third-order valence-corrected chi connectivity index (χ3v) is 3.00.